The van der Waals surface area contributed by atoms with Crippen molar-refractivity contribution in [2.24, 2.45) is 0 Å². The van der Waals surface area contributed by atoms with E-state index in [-0.39, 0.29) is 5.91 Å². The molecule has 1 amide bonds. The number of amides is 1. The zero-order valence-corrected chi connectivity index (χ0v) is 14.1. The molecule has 0 radical (unpaired) electrons. The number of hydrogen-bond acceptors (Lipinski definition) is 2. The quantitative estimate of drug-likeness (QED) is 0.737. The fraction of sp³-hybridized carbons (Fsp3) is 0.350. The maximum atomic E-state index is 11.9. The lowest BCUT2D eigenvalue weighted by Gasteiger charge is -2.09. The number of rotatable bonds is 7. The molecule has 3 nitrogen and oxygen atoms in total. The molecule has 0 saturated heterocycles. The van der Waals surface area contributed by atoms with Crippen molar-refractivity contribution in [2.75, 3.05) is 11.9 Å². The third kappa shape index (κ3) is 5.78. The first kappa shape index (κ1) is 17.1. The minimum atomic E-state index is 0.0233. The summed E-state index contributed by atoms with van der Waals surface area (Å²) >= 11 is 0. The molecule has 23 heavy (non-hydrogen) atoms. The van der Waals surface area contributed by atoms with Crippen LogP contribution in [0.1, 0.15) is 43.7 Å². The van der Waals surface area contributed by atoms with Crippen LogP contribution in [0.5, 0.6) is 5.75 Å². The van der Waals surface area contributed by atoms with Crippen LogP contribution in [0.15, 0.2) is 48.5 Å². The van der Waals surface area contributed by atoms with Crippen LogP contribution in [0.3, 0.4) is 0 Å². The number of carbonyl (C=O) groups excluding carboxylic acids is 1. The molecule has 2 aromatic rings. The van der Waals surface area contributed by atoms with Crippen LogP contribution in [0, 0.1) is 6.92 Å². The van der Waals surface area contributed by atoms with Gasteiger partial charge in [-0.1, -0.05) is 38.1 Å². The van der Waals surface area contributed by atoms with Gasteiger partial charge in [-0.15, -0.1) is 0 Å². The summed E-state index contributed by atoms with van der Waals surface area (Å²) in [6.07, 6.45) is 1.15. The number of carbonyl (C=O) groups is 1. The monoisotopic (exact) mass is 311 g/mol. The average molecular weight is 311 g/mol. The van der Waals surface area contributed by atoms with Gasteiger partial charge in [0.1, 0.15) is 5.75 Å². The average Bonchev–Trinajstić information content (AvgIpc) is 2.52. The topological polar surface area (TPSA) is 38.3 Å². The van der Waals surface area contributed by atoms with E-state index in [1.165, 1.54) is 11.1 Å². The Morgan fingerprint density at radius 3 is 2.52 bits per heavy atom. The fourth-order valence-electron chi connectivity index (χ4n) is 2.30. The smallest absolute Gasteiger partial charge is 0.224 e. The number of nitrogens with one attached hydrogen (secondary N) is 1. The largest absolute Gasteiger partial charge is 0.494 e. The predicted molar refractivity (Wildman–Crippen MR) is 95.1 cm³/mol. The lowest BCUT2D eigenvalue weighted by Crippen LogP contribution is -2.12. The summed E-state index contributed by atoms with van der Waals surface area (Å²) in [7, 11) is 0. The third-order valence-electron chi connectivity index (χ3n) is 3.67. The van der Waals surface area contributed by atoms with Gasteiger partial charge in [-0.2, -0.15) is 0 Å². The van der Waals surface area contributed by atoms with Crippen LogP contribution in [0.25, 0.3) is 0 Å². The van der Waals surface area contributed by atoms with Gasteiger partial charge in [0.05, 0.1) is 6.61 Å². The van der Waals surface area contributed by atoms with Gasteiger partial charge in [-0.3, -0.25) is 4.79 Å². The molecule has 0 fully saturated rings. The Kier molecular flexibility index (Phi) is 6.21. The van der Waals surface area contributed by atoms with Crippen molar-refractivity contribution in [3.05, 3.63) is 59.7 Å². The van der Waals surface area contributed by atoms with Crippen LogP contribution in [0.2, 0.25) is 0 Å². The second-order valence-electron chi connectivity index (χ2n) is 6.09. The van der Waals surface area contributed by atoms with E-state index in [1.54, 1.807) is 0 Å². The van der Waals surface area contributed by atoms with Crippen molar-refractivity contribution in [3.8, 4) is 5.75 Å². The number of ether oxygens (including phenoxy) is 1. The van der Waals surface area contributed by atoms with Crippen LogP contribution in [0.4, 0.5) is 5.69 Å². The second-order valence-corrected chi connectivity index (χ2v) is 6.09. The fourth-order valence-corrected chi connectivity index (χ4v) is 2.30. The minimum absolute atomic E-state index is 0.0233. The number of aryl methyl sites for hydroxylation is 1. The van der Waals surface area contributed by atoms with E-state index < -0.39 is 0 Å². The van der Waals surface area contributed by atoms with E-state index in [2.05, 4.69) is 31.3 Å². The molecule has 1 N–H and O–H groups in total. The summed E-state index contributed by atoms with van der Waals surface area (Å²) in [4.78, 5) is 11.9. The molecule has 3 heteroatoms. The van der Waals surface area contributed by atoms with Crippen LogP contribution >= 0.6 is 0 Å². The number of anilines is 1. The minimum Gasteiger partial charge on any atom is -0.494 e. The van der Waals surface area contributed by atoms with E-state index in [1.807, 2.05) is 43.3 Å². The van der Waals surface area contributed by atoms with E-state index in [9.17, 15) is 4.79 Å². The Hall–Kier alpha value is -2.29. The Morgan fingerprint density at radius 2 is 1.87 bits per heavy atom. The molecule has 0 unspecified atom stereocenters. The Bertz CT molecular complexity index is 632. The van der Waals surface area contributed by atoms with Crippen molar-refractivity contribution in [1.29, 1.82) is 0 Å². The highest BCUT2D eigenvalue weighted by Gasteiger charge is 2.04. The third-order valence-corrected chi connectivity index (χ3v) is 3.67. The van der Waals surface area contributed by atoms with E-state index >= 15 is 0 Å². The molecular weight excluding hydrogens is 286 g/mol. The lowest BCUT2D eigenvalue weighted by molar-refractivity contribution is -0.116. The molecule has 0 atom stereocenters. The highest BCUT2D eigenvalue weighted by Crippen LogP contribution is 2.17. The Labute approximate surface area is 138 Å². The molecule has 0 spiro atoms. The van der Waals surface area contributed by atoms with Crippen molar-refractivity contribution >= 4 is 11.6 Å². The first-order chi connectivity index (χ1) is 11.0. The van der Waals surface area contributed by atoms with Gasteiger partial charge in [-0.25, -0.2) is 0 Å². The molecule has 2 aromatic carbocycles. The summed E-state index contributed by atoms with van der Waals surface area (Å²) in [6.45, 7) is 6.89. The van der Waals surface area contributed by atoms with Gasteiger partial charge in [-0.05, 0) is 54.7 Å². The number of hydrogen-bond donors (Lipinski definition) is 1. The lowest BCUT2D eigenvalue weighted by atomic mass is 10.0. The highest BCUT2D eigenvalue weighted by atomic mass is 16.5. The van der Waals surface area contributed by atoms with Crippen molar-refractivity contribution in [2.45, 2.75) is 39.5 Å². The first-order valence-corrected chi connectivity index (χ1v) is 8.14. The number of benzene rings is 2. The van der Waals surface area contributed by atoms with Gasteiger partial charge in [0.15, 0.2) is 0 Å². The summed E-state index contributed by atoms with van der Waals surface area (Å²) in [5, 5.41) is 2.92. The molecule has 0 heterocycles. The van der Waals surface area contributed by atoms with Crippen LogP contribution < -0.4 is 10.1 Å². The standard InChI is InChI=1S/C20H25NO2/c1-15(2)17-9-11-18(12-10-17)21-20(22)8-5-13-23-19-7-4-6-16(3)14-19/h4,6-7,9-12,14-15H,5,8,13H2,1-3H3,(H,21,22). The zero-order chi connectivity index (χ0) is 16.7. The molecule has 0 bridgehead atoms. The van der Waals surface area contributed by atoms with Gasteiger partial charge in [0.25, 0.3) is 0 Å². The summed E-state index contributed by atoms with van der Waals surface area (Å²) < 4.78 is 5.65. The molecule has 0 saturated carbocycles. The summed E-state index contributed by atoms with van der Waals surface area (Å²) in [5.41, 5.74) is 3.29. The molecule has 0 aromatic heterocycles. The molecule has 0 aliphatic heterocycles. The summed E-state index contributed by atoms with van der Waals surface area (Å²) in [5.74, 6) is 1.38. The van der Waals surface area contributed by atoms with Gasteiger partial charge < -0.3 is 10.1 Å². The van der Waals surface area contributed by atoms with E-state index in [4.69, 9.17) is 4.74 Å². The Morgan fingerprint density at radius 1 is 1.13 bits per heavy atom. The molecule has 0 aliphatic rings. The second kappa shape index (κ2) is 8.37. The van der Waals surface area contributed by atoms with E-state index in [0.717, 1.165) is 11.4 Å². The van der Waals surface area contributed by atoms with Crippen molar-refractivity contribution in [3.63, 3.8) is 0 Å². The molecule has 0 aliphatic carbocycles. The normalized spacial score (nSPS) is 10.6. The highest BCUT2D eigenvalue weighted by molar-refractivity contribution is 5.90. The predicted octanol–water partition coefficient (Wildman–Crippen LogP) is 4.92. The van der Waals surface area contributed by atoms with Gasteiger partial charge >= 0.3 is 0 Å². The van der Waals surface area contributed by atoms with E-state index in [0.29, 0.717) is 25.4 Å². The zero-order valence-electron chi connectivity index (χ0n) is 14.1. The van der Waals surface area contributed by atoms with Crippen molar-refractivity contribution < 1.29 is 9.53 Å². The van der Waals surface area contributed by atoms with Gasteiger partial charge in [0, 0.05) is 12.1 Å². The maximum Gasteiger partial charge on any atom is 0.224 e. The maximum absolute atomic E-state index is 11.9. The van der Waals surface area contributed by atoms with Gasteiger partial charge in [0.2, 0.25) is 5.91 Å². The molecule has 2 rings (SSSR count). The first-order valence-electron chi connectivity index (χ1n) is 8.14. The summed E-state index contributed by atoms with van der Waals surface area (Å²) in [6, 6.07) is 16.0. The SMILES string of the molecule is Cc1cccc(OCCCC(=O)Nc2ccc(C(C)C)cc2)c1. The Balaban J connectivity index is 1.70. The molecular formula is C20H25NO2. The van der Waals surface area contributed by atoms with Crippen LogP contribution in [-0.2, 0) is 4.79 Å². The van der Waals surface area contributed by atoms with Crippen molar-refractivity contribution in [1.82, 2.24) is 0 Å². The molecule has 122 valence electrons. The van der Waals surface area contributed by atoms with Crippen LogP contribution in [-0.4, -0.2) is 12.5 Å².